The molecule has 2 aromatic heterocycles. The molecule has 3 heterocycles. The highest BCUT2D eigenvalue weighted by molar-refractivity contribution is 5.93. The van der Waals surface area contributed by atoms with E-state index < -0.39 is 18.0 Å². The number of pyridine rings is 1. The third-order valence-corrected chi connectivity index (χ3v) is 3.80. The quantitative estimate of drug-likeness (QED) is 0.853. The van der Waals surface area contributed by atoms with Crippen molar-refractivity contribution in [2.24, 2.45) is 0 Å². The fourth-order valence-electron chi connectivity index (χ4n) is 2.63. The molecule has 1 aliphatic heterocycles. The molecular formula is C14H17F3N6O2. The molecule has 0 spiro atoms. The zero-order chi connectivity index (χ0) is 18.0. The smallest absolute Gasteiger partial charge is 0.471 e. The van der Waals surface area contributed by atoms with Crippen molar-refractivity contribution in [2.75, 3.05) is 43.5 Å². The summed E-state index contributed by atoms with van der Waals surface area (Å²) in [6, 6.07) is 3.44. The van der Waals surface area contributed by atoms with Gasteiger partial charge in [-0.05, 0) is 25.1 Å². The number of anilines is 2. The maximum Gasteiger partial charge on any atom is 0.471 e. The van der Waals surface area contributed by atoms with Gasteiger partial charge in [-0.15, -0.1) is 5.10 Å². The van der Waals surface area contributed by atoms with Gasteiger partial charge in [0.2, 0.25) is 11.6 Å². The molecule has 0 saturated carbocycles. The van der Waals surface area contributed by atoms with E-state index >= 15 is 0 Å². The number of fused-ring (bicyclic) bond motifs is 1. The summed E-state index contributed by atoms with van der Waals surface area (Å²) in [4.78, 5) is 17.1. The lowest BCUT2D eigenvalue weighted by Gasteiger charge is -2.22. The van der Waals surface area contributed by atoms with Gasteiger partial charge in [0.25, 0.3) is 0 Å². The number of nitrogens with zero attached hydrogens (tertiary/aromatic N) is 4. The number of halogens is 3. The number of ether oxygens (including phenoxy) is 1. The molecular weight excluding hydrogens is 341 g/mol. The van der Waals surface area contributed by atoms with Gasteiger partial charge >= 0.3 is 12.1 Å². The summed E-state index contributed by atoms with van der Waals surface area (Å²) in [6.07, 6.45) is -4.10. The summed E-state index contributed by atoms with van der Waals surface area (Å²) in [6.45, 7) is 3.14. The highest BCUT2D eigenvalue weighted by Gasteiger charge is 2.39. The Morgan fingerprint density at radius 1 is 1.32 bits per heavy atom. The Bertz CT molecular complexity index is 768. The van der Waals surface area contributed by atoms with Gasteiger partial charge in [-0.3, -0.25) is 10.1 Å². The van der Waals surface area contributed by atoms with Crippen molar-refractivity contribution in [3.05, 3.63) is 12.1 Å². The van der Waals surface area contributed by atoms with Crippen LogP contribution in [0.2, 0.25) is 0 Å². The maximum atomic E-state index is 12.4. The Morgan fingerprint density at radius 3 is 2.84 bits per heavy atom. The van der Waals surface area contributed by atoms with E-state index in [2.05, 4.69) is 20.3 Å². The molecule has 25 heavy (non-hydrogen) atoms. The number of hydrogen-bond donors (Lipinski definition) is 2. The second kappa shape index (κ2) is 6.75. The molecule has 0 aliphatic carbocycles. The monoisotopic (exact) mass is 358 g/mol. The Kier molecular flexibility index (Phi) is 4.66. The highest BCUT2D eigenvalue weighted by atomic mass is 19.4. The van der Waals surface area contributed by atoms with E-state index in [0.29, 0.717) is 18.1 Å². The van der Waals surface area contributed by atoms with Gasteiger partial charge < -0.3 is 15.0 Å². The van der Waals surface area contributed by atoms with Crippen LogP contribution >= 0.6 is 0 Å². The summed E-state index contributed by atoms with van der Waals surface area (Å²) in [5, 5.41) is 8.96. The lowest BCUT2D eigenvalue weighted by Crippen LogP contribution is -2.30. The van der Waals surface area contributed by atoms with Gasteiger partial charge in [-0.25, -0.2) is 0 Å². The van der Waals surface area contributed by atoms with Crippen LogP contribution in [0.1, 0.15) is 6.42 Å². The number of rotatable bonds is 3. The van der Waals surface area contributed by atoms with Crippen LogP contribution in [0, 0.1) is 0 Å². The minimum Gasteiger partial charge on any atom is -0.493 e. The molecule has 0 unspecified atom stereocenters. The molecule has 0 radical (unpaired) electrons. The van der Waals surface area contributed by atoms with E-state index in [4.69, 9.17) is 4.74 Å². The summed E-state index contributed by atoms with van der Waals surface area (Å²) in [7, 11) is 1.42. The summed E-state index contributed by atoms with van der Waals surface area (Å²) in [5.74, 6) is -1.54. The van der Waals surface area contributed by atoms with Gasteiger partial charge in [-0.1, -0.05) is 0 Å². The van der Waals surface area contributed by atoms with Crippen molar-refractivity contribution in [3.63, 3.8) is 0 Å². The molecule has 11 heteroatoms. The first-order valence-corrected chi connectivity index (χ1v) is 7.68. The number of carbonyl (C=O) groups excluding carboxylic acids is 1. The average Bonchev–Trinajstić information content (AvgIpc) is 2.79. The van der Waals surface area contributed by atoms with Crippen LogP contribution in [0.4, 0.5) is 24.9 Å². The normalized spacial score (nSPS) is 15.9. The molecule has 1 aliphatic rings. The van der Waals surface area contributed by atoms with E-state index in [0.717, 1.165) is 26.1 Å². The molecule has 3 rings (SSSR count). The predicted molar refractivity (Wildman–Crippen MR) is 83.9 cm³/mol. The fourth-order valence-corrected chi connectivity index (χ4v) is 2.63. The first-order chi connectivity index (χ1) is 11.9. The minimum absolute atomic E-state index is 0.231. The van der Waals surface area contributed by atoms with Crippen LogP contribution in [0.5, 0.6) is 5.75 Å². The maximum absolute atomic E-state index is 12.4. The molecule has 1 fully saturated rings. The van der Waals surface area contributed by atoms with E-state index in [1.807, 2.05) is 0 Å². The Morgan fingerprint density at radius 2 is 2.12 bits per heavy atom. The van der Waals surface area contributed by atoms with Crippen LogP contribution in [-0.4, -0.2) is 60.0 Å². The second-order valence-electron chi connectivity index (χ2n) is 5.47. The van der Waals surface area contributed by atoms with Crippen LogP contribution < -0.4 is 20.3 Å². The van der Waals surface area contributed by atoms with Crippen molar-refractivity contribution in [2.45, 2.75) is 12.6 Å². The number of carbonyl (C=O) groups is 1. The Labute approximate surface area is 141 Å². The number of amides is 1. The zero-order valence-corrected chi connectivity index (χ0v) is 13.4. The van der Waals surface area contributed by atoms with Gasteiger partial charge in [0, 0.05) is 19.6 Å². The van der Waals surface area contributed by atoms with Crippen LogP contribution in [0.3, 0.4) is 0 Å². The predicted octanol–water partition coefficient (Wildman–Crippen LogP) is 1.04. The van der Waals surface area contributed by atoms with Gasteiger partial charge in [-0.2, -0.15) is 22.7 Å². The van der Waals surface area contributed by atoms with Crippen molar-refractivity contribution in [1.82, 2.24) is 19.9 Å². The summed E-state index contributed by atoms with van der Waals surface area (Å²) in [5.41, 5.74) is 0.231. The molecule has 0 bridgehead atoms. The third kappa shape index (κ3) is 3.60. The minimum atomic E-state index is -5.01. The van der Waals surface area contributed by atoms with Gasteiger partial charge in [0.1, 0.15) is 5.82 Å². The molecule has 1 saturated heterocycles. The number of methoxy groups -OCH3 is 1. The number of hydrogen-bond acceptors (Lipinski definition) is 6. The average molecular weight is 358 g/mol. The lowest BCUT2D eigenvalue weighted by molar-refractivity contribution is -0.167. The highest BCUT2D eigenvalue weighted by Crippen LogP contribution is 2.26. The van der Waals surface area contributed by atoms with E-state index in [1.165, 1.54) is 11.6 Å². The van der Waals surface area contributed by atoms with Crippen LogP contribution in [-0.2, 0) is 4.79 Å². The van der Waals surface area contributed by atoms with E-state index in [-0.39, 0.29) is 5.65 Å². The Hall–Kier alpha value is -2.56. The summed E-state index contributed by atoms with van der Waals surface area (Å²) < 4.78 is 43.9. The van der Waals surface area contributed by atoms with Gasteiger partial charge in [0.05, 0.1) is 7.11 Å². The fraction of sp³-hybridized carbons (Fsp3) is 0.500. The first-order valence-electron chi connectivity index (χ1n) is 7.68. The zero-order valence-electron chi connectivity index (χ0n) is 13.4. The van der Waals surface area contributed by atoms with Crippen molar-refractivity contribution in [1.29, 1.82) is 0 Å². The first kappa shape index (κ1) is 17.3. The van der Waals surface area contributed by atoms with Crippen molar-refractivity contribution >= 4 is 23.3 Å². The van der Waals surface area contributed by atoms with E-state index in [9.17, 15) is 18.0 Å². The molecule has 1 amide bonds. The standard InChI is InChI=1S/C14H17F3N6O2/c1-25-9-3-4-10(22-7-2-5-18-6-8-22)23-11(9)19-13(21-23)20-12(24)14(15,16)17/h3-4,18H,2,5-8H2,1H3,(H,20,21,24). The molecule has 8 nitrogen and oxygen atoms in total. The van der Waals surface area contributed by atoms with Crippen molar-refractivity contribution in [3.8, 4) is 5.75 Å². The molecule has 2 N–H and O–H groups in total. The van der Waals surface area contributed by atoms with Crippen LogP contribution in [0.25, 0.3) is 5.65 Å². The molecule has 136 valence electrons. The molecule has 0 atom stereocenters. The third-order valence-electron chi connectivity index (χ3n) is 3.80. The largest absolute Gasteiger partial charge is 0.493 e. The number of aromatic nitrogens is 3. The molecule has 2 aromatic rings. The number of nitrogens with one attached hydrogen (secondary N) is 2. The lowest BCUT2D eigenvalue weighted by atomic mass is 10.3. The summed E-state index contributed by atoms with van der Waals surface area (Å²) >= 11 is 0. The van der Waals surface area contributed by atoms with Crippen LogP contribution in [0.15, 0.2) is 12.1 Å². The topological polar surface area (TPSA) is 83.8 Å². The Balaban J connectivity index is 2.00. The second-order valence-corrected chi connectivity index (χ2v) is 5.47. The number of alkyl halides is 3. The molecule has 0 aromatic carbocycles. The van der Waals surface area contributed by atoms with Gasteiger partial charge in [0.15, 0.2) is 5.75 Å². The van der Waals surface area contributed by atoms with E-state index in [1.54, 1.807) is 17.4 Å². The van der Waals surface area contributed by atoms with Crippen molar-refractivity contribution < 1.29 is 22.7 Å². The SMILES string of the molecule is COc1ccc(N2CCCNCC2)n2nc(NC(=O)C(F)(F)F)nc12.